The Morgan fingerprint density at radius 1 is 1.21 bits per heavy atom. The van der Waals surface area contributed by atoms with Crippen LogP contribution in [0.25, 0.3) is 0 Å². The summed E-state index contributed by atoms with van der Waals surface area (Å²) in [6, 6.07) is 15.5. The summed E-state index contributed by atoms with van der Waals surface area (Å²) in [6.45, 7) is 0.435. The van der Waals surface area contributed by atoms with E-state index >= 15 is 0 Å². The van der Waals surface area contributed by atoms with Gasteiger partial charge in [-0.2, -0.15) is 5.26 Å². The number of para-hydroxylation sites is 1. The fraction of sp³-hybridized carbons (Fsp3) is 0.200. The highest BCUT2D eigenvalue weighted by Gasteiger charge is 2.15. The van der Waals surface area contributed by atoms with E-state index in [2.05, 4.69) is 6.07 Å². The van der Waals surface area contributed by atoms with E-state index in [0.29, 0.717) is 19.4 Å². The summed E-state index contributed by atoms with van der Waals surface area (Å²) < 4.78 is 0. The lowest BCUT2D eigenvalue weighted by Crippen LogP contribution is -2.32. The molecule has 2 rings (SSSR count). The third-order valence-corrected chi connectivity index (χ3v) is 3.60. The lowest BCUT2D eigenvalue weighted by atomic mass is 10.2. The predicted molar refractivity (Wildman–Crippen MR) is 77.0 cm³/mol. The minimum atomic E-state index is 0.0314. The number of amides is 1. The molecule has 0 atom stereocenters. The maximum absolute atomic E-state index is 12.3. The van der Waals surface area contributed by atoms with Gasteiger partial charge >= 0.3 is 0 Å². The third kappa shape index (κ3) is 3.67. The van der Waals surface area contributed by atoms with Crippen molar-refractivity contribution in [3.05, 3.63) is 52.7 Å². The Bertz CT molecular complexity index is 558. The molecule has 1 aromatic heterocycles. The normalized spacial score (nSPS) is 9.84. The molecule has 0 saturated carbocycles. The number of carbonyl (C=O) groups is 1. The molecule has 3 nitrogen and oxygen atoms in total. The summed E-state index contributed by atoms with van der Waals surface area (Å²) in [7, 11) is 0. The highest BCUT2D eigenvalue weighted by atomic mass is 32.1. The molecule has 1 heterocycles. The Kier molecular flexibility index (Phi) is 4.71. The zero-order valence-electron chi connectivity index (χ0n) is 10.5. The minimum Gasteiger partial charge on any atom is -0.311 e. The van der Waals surface area contributed by atoms with E-state index in [0.717, 1.165) is 10.6 Å². The zero-order valence-corrected chi connectivity index (χ0v) is 11.3. The van der Waals surface area contributed by atoms with Crippen LogP contribution in [0.4, 0.5) is 5.69 Å². The third-order valence-electron chi connectivity index (χ3n) is 2.72. The van der Waals surface area contributed by atoms with Crippen LogP contribution in [0.3, 0.4) is 0 Å². The van der Waals surface area contributed by atoms with Crippen molar-refractivity contribution in [1.29, 1.82) is 5.26 Å². The van der Waals surface area contributed by atoms with Gasteiger partial charge in [0.15, 0.2) is 0 Å². The van der Waals surface area contributed by atoms with Crippen molar-refractivity contribution in [3.8, 4) is 6.07 Å². The summed E-state index contributed by atoms with van der Waals surface area (Å²) in [4.78, 5) is 15.1. The molecule has 0 spiro atoms. The van der Waals surface area contributed by atoms with Crippen LogP contribution in [0.2, 0.25) is 0 Å². The monoisotopic (exact) mass is 270 g/mol. The first-order valence-electron chi connectivity index (χ1n) is 6.06. The molecule has 0 saturated heterocycles. The molecule has 4 heteroatoms. The van der Waals surface area contributed by atoms with Crippen molar-refractivity contribution >= 4 is 22.9 Å². The van der Waals surface area contributed by atoms with Gasteiger partial charge in [0.05, 0.1) is 18.9 Å². The predicted octanol–water partition coefficient (Wildman–Crippen LogP) is 3.24. The smallest absolute Gasteiger partial charge is 0.232 e. The van der Waals surface area contributed by atoms with Crippen LogP contribution in [-0.2, 0) is 11.2 Å². The molecule has 96 valence electrons. The van der Waals surface area contributed by atoms with Crippen LogP contribution in [0.5, 0.6) is 0 Å². The number of carbonyl (C=O) groups excluding carboxylic acids is 1. The molecule has 0 aliphatic rings. The van der Waals surface area contributed by atoms with E-state index < -0.39 is 0 Å². The van der Waals surface area contributed by atoms with E-state index in [1.54, 1.807) is 16.2 Å². The average molecular weight is 270 g/mol. The van der Waals surface area contributed by atoms with Crippen LogP contribution >= 0.6 is 11.3 Å². The highest BCUT2D eigenvalue weighted by Crippen LogP contribution is 2.17. The van der Waals surface area contributed by atoms with Gasteiger partial charge in [-0.3, -0.25) is 4.79 Å². The summed E-state index contributed by atoms with van der Waals surface area (Å²) in [5, 5.41) is 10.7. The molecule has 2 aromatic rings. The van der Waals surface area contributed by atoms with Crippen molar-refractivity contribution in [2.75, 3.05) is 11.4 Å². The van der Waals surface area contributed by atoms with Gasteiger partial charge in [0.2, 0.25) is 5.91 Å². The van der Waals surface area contributed by atoms with E-state index in [1.165, 1.54) is 0 Å². The first-order chi connectivity index (χ1) is 9.31. The number of nitrogens with zero attached hydrogens (tertiary/aromatic N) is 2. The largest absolute Gasteiger partial charge is 0.311 e. The number of thiophene rings is 1. The molecule has 0 aliphatic carbocycles. The lowest BCUT2D eigenvalue weighted by Gasteiger charge is -2.21. The van der Waals surface area contributed by atoms with E-state index in [1.807, 2.05) is 47.8 Å². The van der Waals surface area contributed by atoms with Crippen LogP contribution in [0, 0.1) is 11.3 Å². The number of hydrogen-bond acceptors (Lipinski definition) is 3. The minimum absolute atomic E-state index is 0.0314. The Morgan fingerprint density at radius 3 is 2.63 bits per heavy atom. The second-order valence-corrected chi connectivity index (χ2v) is 5.08. The quantitative estimate of drug-likeness (QED) is 0.837. The number of rotatable bonds is 5. The van der Waals surface area contributed by atoms with Gasteiger partial charge in [0, 0.05) is 17.1 Å². The number of nitriles is 1. The molecular weight excluding hydrogens is 256 g/mol. The molecule has 19 heavy (non-hydrogen) atoms. The number of hydrogen-bond donors (Lipinski definition) is 0. The Morgan fingerprint density at radius 2 is 2.00 bits per heavy atom. The van der Waals surface area contributed by atoms with Crippen molar-refractivity contribution in [1.82, 2.24) is 0 Å². The second-order valence-electron chi connectivity index (χ2n) is 4.05. The van der Waals surface area contributed by atoms with E-state index in [-0.39, 0.29) is 5.91 Å². The maximum Gasteiger partial charge on any atom is 0.232 e. The van der Waals surface area contributed by atoms with Crippen molar-refractivity contribution in [3.63, 3.8) is 0 Å². The lowest BCUT2D eigenvalue weighted by molar-refractivity contribution is -0.117. The number of benzene rings is 1. The van der Waals surface area contributed by atoms with Crippen LogP contribution in [-0.4, -0.2) is 12.5 Å². The first kappa shape index (κ1) is 13.3. The second kappa shape index (κ2) is 6.72. The Balaban J connectivity index is 2.13. The number of anilines is 1. The molecule has 1 amide bonds. The van der Waals surface area contributed by atoms with Gasteiger partial charge in [-0.25, -0.2) is 0 Å². The first-order valence-corrected chi connectivity index (χ1v) is 6.94. The maximum atomic E-state index is 12.3. The van der Waals surface area contributed by atoms with Crippen LogP contribution in [0.15, 0.2) is 47.8 Å². The van der Waals surface area contributed by atoms with Gasteiger partial charge in [-0.15, -0.1) is 11.3 Å². The van der Waals surface area contributed by atoms with Crippen molar-refractivity contribution < 1.29 is 4.79 Å². The Hall–Kier alpha value is -2.12. The summed E-state index contributed by atoms with van der Waals surface area (Å²) >= 11 is 1.58. The van der Waals surface area contributed by atoms with Crippen molar-refractivity contribution in [2.24, 2.45) is 0 Å². The van der Waals surface area contributed by atoms with E-state index in [4.69, 9.17) is 5.26 Å². The van der Waals surface area contributed by atoms with Gasteiger partial charge < -0.3 is 4.90 Å². The molecule has 0 fully saturated rings. The van der Waals surface area contributed by atoms with Crippen molar-refractivity contribution in [2.45, 2.75) is 12.8 Å². The highest BCUT2D eigenvalue weighted by molar-refractivity contribution is 7.10. The molecule has 0 bridgehead atoms. The fourth-order valence-corrected chi connectivity index (χ4v) is 2.52. The molecular formula is C15H14N2OS. The van der Waals surface area contributed by atoms with E-state index in [9.17, 15) is 4.79 Å². The Labute approximate surface area is 116 Å². The standard InChI is InChI=1S/C15H14N2OS/c16-9-5-10-17(13-6-2-1-3-7-13)15(18)12-14-8-4-11-19-14/h1-4,6-8,11H,5,10,12H2. The summed E-state index contributed by atoms with van der Waals surface area (Å²) in [6.07, 6.45) is 0.725. The molecule has 0 N–H and O–H groups in total. The summed E-state index contributed by atoms with van der Waals surface area (Å²) in [5.41, 5.74) is 0.847. The van der Waals surface area contributed by atoms with Gasteiger partial charge in [0.25, 0.3) is 0 Å². The molecule has 0 aliphatic heterocycles. The molecule has 0 radical (unpaired) electrons. The summed E-state index contributed by atoms with van der Waals surface area (Å²) in [5.74, 6) is 0.0314. The topological polar surface area (TPSA) is 44.1 Å². The fourth-order valence-electron chi connectivity index (χ4n) is 1.83. The average Bonchev–Trinajstić information content (AvgIpc) is 2.93. The van der Waals surface area contributed by atoms with Crippen LogP contribution in [0.1, 0.15) is 11.3 Å². The molecule has 1 aromatic carbocycles. The SMILES string of the molecule is N#CCCN(C(=O)Cc1cccs1)c1ccccc1. The van der Waals surface area contributed by atoms with Crippen LogP contribution < -0.4 is 4.90 Å². The van der Waals surface area contributed by atoms with Gasteiger partial charge in [-0.1, -0.05) is 24.3 Å². The zero-order chi connectivity index (χ0) is 13.5. The molecule has 0 unspecified atom stereocenters. The van der Waals surface area contributed by atoms with Gasteiger partial charge in [0.1, 0.15) is 0 Å². The van der Waals surface area contributed by atoms with Gasteiger partial charge in [-0.05, 0) is 23.6 Å².